The number of rotatable bonds is 3. The third-order valence-corrected chi connectivity index (χ3v) is 4.12. The highest BCUT2D eigenvalue weighted by molar-refractivity contribution is 6.07. The molecular weight excluding hydrogens is 250 g/mol. The summed E-state index contributed by atoms with van der Waals surface area (Å²) in [6.07, 6.45) is 3.27. The Morgan fingerprint density at radius 3 is 2.05 bits per heavy atom. The maximum absolute atomic E-state index is 12.3. The summed E-state index contributed by atoms with van der Waals surface area (Å²) >= 11 is 0. The summed E-state index contributed by atoms with van der Waals surface area (Å²) < 4.78 is 0. The van der Waals surface area contributed by atoms with Gasteiger partial charge in [0.15, 0.2) is 0 Å². The van der Waals surface area contributed by atoms with Gasteiger partial charge < -0.3 is 0 Å². The van der Waals surface area contributed by atoms with Crippen LogP contribution in [0.4, 0.5) is 0 Å². The Hall–Kier alpha value is -1.43. The number of hydrogen-bond donors (Lipinski definition) is 1. The first kappa shape index (κ1) is 14.0. The largest absolute Gasteiger partial charge is 0.365 e. The van der Waals surface area contributed by atoms with E-state index in [1.807, 2.05) is 0 Å². The summed E-state index contributed by atoms with van der Waals surface area (Å²) in [6, 6.07) is -1.03. The molecule has 1 aliphatic heterocycles. The summed E-state index contributed by atoms with van der Waals surface area (Å²) in [5.41, 5.74) is 0. The van der Waals surface area contributed by atoms with Gasteiger partial charge >= 0.3 is 5.97 Å². The average Bonchev–Trinajstić information content (AvgIpc) is 2.64. The Kier molecular flexibility index (Phi) is 3.89. The van der Waals surface area contributed by atoms with Crippen molar-refractivity contribution in [1.82, 2.24) is 4.90 Å². The maximum Gasteiger partial charge on any atom is 0.365 e. The first-order valence-corrected chi connectivity index (χ1v) is 6.71. The second-order valence-corrected chi connectivity index (χ2v) is 5.64. The normalized spacial score (nSPS) is 28.5. The van der Waals surface area contributed by atoms with Crippen molar-refractivity contribution in [2.24, 2.45) is 17.8 Å². The number of amides is 2. The fourth-order valence-corrected chi connectivity index (χ4v) is 3.19. The standard InChI is InChI=1S/C13H19NO5/c1-7(2)10(13(17)19-18)14-11(15)8-5-3-4-6-9(8)12(14)16/h7-10,18H,3-6H2,1-2H3/t8-,9+,10?. The number of imide groups is 1. The van der Waals surface area contributed by atoms with Gasteiger partial charge in [0.25, 0.3) is 0 Å². The van der Waals surface area contributed by atoms with E-state index in [-0.39, 0.29) is 29.6 Å². The molecule has 2 fully saturated rings. The lowest BCUT2D eigenvalue weighted by Crippen LogP contribution is -2.49. The van der Waals surface area contributed by atoms with Crippen LogP contribution in [0.25, 0.3) is 0 Å². The Labute approximate surface area is 111 Å². The zero-order chi connectivity index (χ0) is 14.2. The molecule has 1 heterocycles. The van der Waals surface area contributed by atoms with Gasteiger partial charge in [-0.05, 0) is 18.8 Å². The fourth-order valence-electron chi connectivity index (χ4n) is 3.19. The third kappa shape index (κ3) is 2.25. The predicted octanol–water partition coefficient (Wildman–Crippen LogP) is 1.20. The van der Waals surface area contributed by atoms with Crippen LogP contribution in [0.15, 0.2) is 0 Å². The van der Waals surface area contributed by atoms with Crippen LogP contribution in [0.1, 0.15) is 39.5 Å². The Morgan fingerprint density at radius 2 is 1.68 bits per heavy atom. The summed E-state index contributed by atoms with van der Waals surface area (Å²) in [4.78, 5) is 41.1. The number of fused-ring (bicyclic) bond motifs is 1. The molecule has 1 N–H and O–H groups in total. The monoisotopic (exact) mass is 269 g/mol. The van der Waals surface area contributed by atoms with Gasteiger partial charge in [0.1, 0.15) is 6.04 Å². The SMILES string of the molecule is CC(C)C(C(=O)OO)N1C(=O)[C@H]2CCCC[C@H]2C1=O. The van der Waals surface area contributed by atoms with E-state index in [1.165, 1.54) is 0 Å². The van der Waals surface area contributed by atoms with E-state index in [4.69, 9.17) is 5.26 Å². The van der Waals surface area contributed by atoms with E-state index >= 15 is 0 Å². The molecule has 2 amide bonds. The smallest absolute Gasteiger partial charge is 0.299 e. The fraction of sp³-hybridized carbons (Fsp3) is 0.769. The van der Waals surface area contributed by atoms with E-state index in [0.29, 0.717) is 12.8 Å². The Bertz CT molecular complexity index is 382. The molecule has 2 rings (SSSR count). The molecule has 1 saturated heterocycles. The van der Waals surface area contributed by atoms with Gasteiger partial charge in [0.05, 0.1) is 11.8 Å². The van der Waals surface area contributed by atoms with Crippen molar-refractivity contribution in [3.63, 3.8) is 0 Å². The zero-order valence-electron chi connectivity index (χ0n) is 11.2. The Morgan fingerprint density at radius 1 is 1.21 bits per heavy atom. The van der Waals surface area contributed by atoms with Crippen LogP contribution in [0, 0.1) is 17.8 Å². The lowest BCUT2D eigenvalue weighted by atomic mass is 9.81. The van der Waals surface area contributed by atoms with Crippen molar-refractivity contribution >= 4 is 17.8 Å². The van der Waals surface area contributed by atoms with Gasteiger partial charge in [-0.15, -0.1) is 0 Å². The van der Waals surface area contributed by atoms with Crippen molar-refractivity contribution in [3.8, 4) is 0 Å². The number of carbonyl (C=O) groups excluding carboxylic acids is 3. The van der Waals surface area contributed by atoms with Gasteiger partial charge in [-0.2, -0.15) is 5.26 Å². The molecule has 1 unspecified atom stereocenters. The quantitative estimate of drug-likeness (QED) is 0.473. The molecular formula is C13H19NO5. The van der Waals surface area contributed by atoms with Crippen LogP contribution in [0.2, 0.25) is 0 Å². The third-order valence-electron chi connectivity index (χ3n) is 4.12. The van der Waals surface area contributed by atoms with Crippen molar-refractivity contribution in [2.75, 3.05) is 0 Å². The molecule has 1 saturated carbocycles. The molecule has 0 aromatic rings. The number of carbonyl (C=O) groups is 3. The van der Waals surface area contributed by atoms with E-state index in [1.54, 1.807) is 13.8 Å². The van der Waals surface area contributed by atoms with Crippen LogP contribution in [0.3, 0.4) is 0 Å². The van der Waals surface area contributed by atoms with Gasteiger partial charge in [0.2, 0.25) is 11.8 Å². The van der Waals surface area contributed by atoms with Crippen molar-refractivity contribution < 1.29 is 24.5 Å². The summed E-state index contributed by atoms with van der Waals surface area (Å²) in [5.74, 6) is -2.43. The number of likely N-dealkylation sites (tertiary alicyclic amines) is 1. The van der Waals surface area contributed by atoms with Crippen molar-refractivity contribution in [2.45, 2.75) is 45.6 Å². The van der Waals surface area contributed by atoms with Crippen LogP contribution >= 0.6 is 0 Å². The number of nitrogens with zero attached hydrogens (tertiary/aromatic N) is 1. The van der Waals surface area contributed by atoms with Crippen LogP contribution in [-0.2, 0) is 19.3 Å². The molecule has 2 aliphatic rings. The van der Waals surface area contributed by atoms with E-state index in [0.717, 1.165) is 17.7 Å². The first-order valence-electron chi connectivity index (χ1n) is 6.71. The molecule has 0 aromatic carbocycles. The highest BCUT2D eigenvalue weighted by Crippen LogP contribution is 2.39. The van der Waals surface area contributed by atoms with E-state index in [2.05, 4.69) is 4.89 Å². The Balaban J connectivity index is 2.29. The molecule has 19 heavy (non-hydrogen) atoms. The van der Waals surface area contributed by atoms with Crippen LogP contribution in [0.5, 0.6) is 0 Å². The molecule has 0 spiro atoms. The lowest BCUT2D eigenvalue weighted by molar-refractivity contribution is -0.240. The van der Waals surface area contributed by atoms with Gasteiger partial charge in [-0.3, -0.25) is 19.4 Å². The molecule has 3 atom stereocenters. The van der Waals surface area contributed by atoms with E-state index < -0.39 is 12.0 Å². The zero-order valence-corrected chi connectivity index (χ0v) is 11.2. The highest BCUT2D eigenvalue weighted by Gasteiger charge is 2.52. The summed E-state index contributed by atoms with van der Waals surface area (Å²) in [7, 11) is 0. The van der Waals surface area contributed by atoms with Gasteiger partial charge in [-0.25, -0.2) is 4.79 Å². The minimum Gasteiger partial charge on any atom is -0.299 e. The van der Waals surface area contributed by atoms with Gasteiger partial charge in [0, 0.05) is 0 Å². The maximum atomic E-state index is 12.3. The average molecular weight is 269 g/mol. The molecule has 106 valence electrons. The van der Waals surface area contributed by atoms with Gasteiger partial charge in [-0.1, -0.05) is 26.7 Å². The van der Waals surface area contributed by atoms with Crippen LogP contribution < -0.4 is 0 Å². The summed E-state index contributed by atoms with van der Waals surface area (Å²) in [5, 5.41) is 8.55. The predicted molar refractivity (Wildman–Crippen MR) is 64.6 cm³/mol. The second kappa shape index (κ2) is 5.28. The molecule has 0 bridgehead atoms. The lowest BCUT2D eigenvalue weighted by Gasteiger charge is -2.26. The second-order valence-electron chi connectivity index (χ2n) is 5.64. The first-order chi connectivity index (χ1) is 8.99. The van der Waals surface area contributed by atoms with Crippen molar-refractivity contribution in [1.29, 1.82) is 0 Å². The number of hydrogen-bond acceptors (Lipinski definition) is 5. The highest BCUT2D eigenvalue weighted by atomic mass is 17.1. The molecule has 1 aliphatic carbocycles. The minimum absolute atomic E-state index is 0.293. The molecule has 0 radical (unpaired) electrons. The van der Waals surface area contributed by atoms with Crippen LogP contribution in [-0.4, -0.2) is 34.0 Å². The molecule has 6 heteroatoms. The molecule has 6 nitrogen and oxygen atoms in total. The van der Waals surface area contributed by atoms with Crippen molar-refractivity contribution in [3.05, 3.63) is 0 Å². The van der Waals surface area contributed by atoms with E-state index in [9.17, 15) is 14.4 Å². The topological polar surface area (TPSA) is 83.9 Å². The summed E-state index contributed by atoms with van der Waals surface area (Å²) in [6.45, 7) is 3.42. The minimum atomic E-state index is -1.03. The molecule has 0 aromatic heterocycles.